The molecule has 0 radical (unpaired) electrons. The summed E-state index contributed by atoms with van der Waals surface area (Å²) in [5, 5.41) is 9.88. The molecule has 1 atom stereocenters. The minimum Gasteiger partial charge on any atom is -0.494 e. The highest BCUT2D eigenvalue weighted by Crippen LogP contribution is 2.44. The van der Waals surface area contributed by atoms with Crippen LogP contribution in [0.2, 0.25) is 0 Å². The van der Waals surface area contributed by atoms with E-state index in [1.54, 1.807) is 42.5 Å². The Balaban J connectivity index is 1.56. The summed E-state index contributed by atoms with van der Waals surface area (Å²) in [6.45, 7) is 6.65. The second kappa shape index (κ2) is 12.2. The van der Waals surface area contributed by atoms with E-state index in [4.69, 9.17) is 24.7 Å². The molecule has 4 rings (SSSR count). The van der Waals surface area contributed by atoms with Gasteiger partial charge < -0.3 is 24.7 Å². The Hall–Kier alpha value is -4.44. The van der Waals surface area contributed by atoms with Crippen LogP contribution in [0.5, 0.6) is 23.0 Å². The molecule has 7 nitrogen and oxygen atoms in total. The molecule has 1 unspecified atom stereocenters. The number of rotatable bonds is 10. The van der Waals surface area contributed by atoms with Gasteiger partial charge in [0.15, 0.2) is 0 Å². The summed E-state index contributed by atoms with van der Waals surface area (Å²) in [6, 6.07) is 21.7. The topological polar surface area (TPSA) is 104 Å². The van der Waals surface area contributed by atoms with Crippen LogP contribution in [0.15, 0.2) is 78.2 Å². The van der Waals surface area contributed by atoms with Crippen molar-refractivity contribution < 1.29 is 23.7 Å². The highest BCUT2D eigenvalue weighted by molar-refractivity contribution is 5.91. The van der Waals surface area contributed by atoms with Crippen LogP contribution >= 0.6 is 0 Å². The number of unbranched alkanes of at least 4 members (excludes halogenated alkanes) is 2. The number of nitrogens with zero attached hydrogens (tertiary/aromatic N) is 1. The van der Waals surface area contributed by atoms with Crippen LogP contribution in [0.3, 0.4) is 0 Å². The molecule has 1 heterocycles. The zero-order chi connectivity index (χ0) is 27.1. The van der Waals surface area contributed by atoms with E-state index < -0.39 is 11.9 Å². The monoisotopic (exact) mass is 512 g/mol. The third kappa shape index (κ3) is 6.27. The molecule has 0 spiro atoms. The van der Waals surface area contributed by atoms with Gasteiger partial charge in [-0.15, -0.1) is 0 Å². The van der Waals surface area contributed by atoms with Crippen LogP contribution in [0.1, 0.15) is 67.4 Å². The number of benzene rings is 3. The lowest BCUT2D eigenvalue weighted by Gasteiger charge is -2.27. The molecule has 196 valence electrons. The number of fused-ring (bicyclic) bond motifs is 1. The van der Waals surface area contributed by atoms with Crippen molar-refractivity contribution in [2.24, 2.45) is 5.73 Å². The predicted molar refractivity (Wildman–Crippen MR) is 144 cm³/mol. The molecular formula is C31H32N2O5. The maximum Gasteiger partial charge on any atom is 0.343 e. The van der Waals surface area contributed by atoms with Gasteiger partial charge in [-0.05, 0) is 68.3 Å². The van der Waals surface area contributed by atoms with Crippen molar-refractivity contribution in [1.82, 2.24) is 0 Å². The van der Waals surface area contributed by atoms with E-state index >= 15 is 0 Å². The van der Waals surface area contributed by atoms with Crippen molar-refractivity contribution in [3.05, 3.63) is 94.9 Å². The maximum atomic E-state index is 12.7. The first-order chi connectivity index (χ1) is 18.4. The Morgan fingerprint density at radius 1 is 1.03 bits per heavy atom. The van der Waals surface area contributed by atoms with Crippen LogP contribution in [-0.4, -0.2) is 18.7 Å². The number of allylic oxidation sites excluding steroid dienone is 1. The molecule has 1 aliphatic rings. The lowest BCUT2D eigenvalue weighted by Crippen LogP contribution is -2.21. The summed E-state index contributed by atoms with van der Waals surface area (Å²) in [5.41, 5.74) is 8.46. The van der Waals surface area contributed by atoms with Crippen LogP contribution in [0.4, 0.5) is 0 Å². The normalized spacial score (nSPS) is 14.3. The summed E-state index contributed by atoms with van der Waals surface area (Å²) in [6.07, 6.45) is 3.25. The van der Waals surface area contributed by atoms with Gasteiger partial charge in [-0.3, -0.25) is 0 Å². The zero-order valence-corrected chi connectivity index (χ0v) is 21.9. The fraction of sp³-hybridized carbons (Fsp3) is 0.290. The SMILES string of the molecule is CCCCCOc1cccc(C2C(C#N)=C(N)Oc3cc(OC(=O)c4ccc(OC(C)C)cc4)ccc32)c1. The first-order valence-corrected chi connectivity index (χ1v) is 12.8. The second-order valence-corrected chi connectivity index (χ2v) is 9.33. The van der Waals surface area contributed by atoms with Crippen LogP contribution in [-0.2, 0) is 0 Å². The summed E-state index contributed by atoms with van der Waals surface area (Å²) in [7, 11) is 0. The molecule has 0 saturated heterocycles. The van der Waals surface area contributed by atoms with Gasteiger partial charge in [-0.2, -0.15) is 5.26 Å². The predicted octanol–water partition coefficient (Wildman–Crippen LogP) is 6.48. The standard InChI is InChI=1S/C31H32N2O5/c1-4-5-6-16-35-24-9-7-8-22(17-24)29-26-15-14-25(18-28(26)38-30(33)27(29)19-32)37-31(34)21-10-12-23(13-11-21)36-20(2)3/h7-15,17-18,20,29H,4-6,16,33H2,1-3H3. The number of hydrogen-bond donors (Lipinski definition) is 1. The van der Waals surface area contributed by atoms with Crippen molar-refractivity contribution in [1.29, 1.82) is 5.26 Å². The third-order valence-corrected chi connectivity index (χ3v) is 6.07. The number of esters is 1. The van der Waals surface area contributed by atoms with E-state index in [0.717, 1.165) is 36.1 Å². The lowest BCUT2D eigenvalue weighted by atomic mass is 9.83. The highest BCUT2D eigenvalue weighted by Gasteiger charge is 2.31. The van der Waals surface area contributed by atoms with E-state index in [2.05, 4.69) is 13.0 Å². The van der Waals surface area contributed by atoms with E-state index in [9.17, 15) is 10.1 Å². The quantitative estimate of drug-likeness (QED) is 0.188. The number of carbonyl (C=O) groups excluding carboxylic acids is 1. The van der Waals surface area contributed by atoms with Gasteiger partial charge in [0.25, 0.3) is 0 Å². The molecule has 0 aliphatic carbocycles. The largest absolute Gasteiger partial charge is 0.494 e. The van der Waals surface area contributed by atoms with Crippen molar-refractivity contribution >= 4 is 5.97 Å². The highest BCUT2D eigenvalue weighted by atomic mass is 16.5. The van der Waals surface area contributed by atoms with Crippen LogP contribution in [0, 0.1) is 11.3 Å². The Kier molecular flexibility index (Phi) is 8.55. The second-order valence-electron chi connectivity index (χ2n) is 9.33. The van der Waals surface area contributed by atoms with Gasteiger partial charge in [0.2, 0.25) is 5.88 Å². The number of carbonyl (C=O) groups is 1. The molecular weight excluding hydrogens is 480 g/mol. The fourth-order valence-electron chi connectivity index (χ4n) is 4.28. The molecule has 38 heavy (non-hydrogen) atoms. The first kappa shape index (κ1) is 26.6. The molecule has 0 bridgehead atoms. The molecule has 0 fully saturated rings. The van der Waals surface area contributed by atoms with Crippen LogP contribution in [0.25, 0.3) is 0 Å². The summed E-state index contributed by atoms with van der Waals surface area (Å²) in [4.78, 5) is 12.7. The van der Waals surface area contributed by atoms with Crippen molar-refractivity contribution in [2.45, 2.75) is 52.1 Å². The van der Waals surface area contributed by atoms with E-state index in [1.165, 1.54) is 0 Å². The number of nitrogens with two attached hydrogens (primary N) is 1. The van der Waals surface area contributed by atoms with E-state index in [-0.39, 0.29) is 12.0 Å². The molecule has 0 saturated carbocycles. The summed E-state index contributed by atoms with van der Waals surface area (Å²) >= 11 is 0. The molecule has 1 aliphatic heterocycles. The molecule has 2 N–H and O–H groups in total. The fourth-order valence-corrected chi connectivity index (χ4v) is 4.28. The minimum absolute atomic E-state index is 0.0171. The molecule has 7 heteroatoms. The first-order valence-electron chi connectivity index (χ1n) is 12.8. The molecule has 0 aromatic heterocycles. The summed E-state index contributed by atoms with van der Waals surface area (Å²) < 4.78 is 22.9. The van der Waals surface area contributed by atoms with Crippen molar-refractivity contribution in [3.8, 4) is 29.1 Å². The Labute approximate surface area is 223 Å². The smallest absolute Gasteiger partial charge is 0.343 e. The van der Waals surface area contributed by atoms with E-state index in [0.29, 0.717) is 35.0 Å². The molecule has 3 aromatic carbocycles. The van der Waals surface area contributed by atoms with Gasteiger partial charge in [0.1, 0.15) is 34.6 Å². The van der Waals surface area contributed by atoms with Gasteiger partial charge in [0, 0.05) is 11.6 Å². The lowest BCUT2D eigenvalue weighted by molar-refractivity contribution is 0.0734. The average Bonchev–Trinajstić information content (AvgIpc) is 2.90. The van der Waals surface area contributed by atoms with Crippen molar-refractivity contribution in [2.75, 3.05) is 6.61 Å². The minimum atomic E-state index is -0.512. The maximum absolute atomic E-state index is 12.7. The number of nitriles is 1. The van der Waals surface area contributed by atoms with Crippen LogP contribution < -0.4 is 24.7 Å². The van der Waals surface area contributed by atoms with Gasteiger partial charge in [-0.1, -0.05) is 38.0 Å². The van der Waals surface area contributed by atoms with Gasteiger partial charge in [0.05, 0.1) is 24.2 Å². The van der Waals surface area contributed by atoms with Crippen molar-refractivity contribution in [3.63, 3.8) is 0 Å². The van der Waals surface area contributed by atoms with E-state index in [1.807, 2.05) is 38.1 Å². The molecule has 3 aromatic rings. The third-order valence-electron chi connectivity index (χ3n) is 6.07. The summed E-state index contributed by atoms with van der Waals surface area (Å²) in [5.74, 6) is 1.20. The Morgan fingerprint density at radius 3 is 2.50 bits per heavy atom. The Bertz CT molecular complexity index is 1360. The zero-order valence-electron chi connectivity index (χ0n) is 21.9. The van der Waals surface area contributed by atoms with Gasteiger partial charge >= 0.3 is 5.97 Å². The number of hydrogen-bond acceptors (Lipinski definition) is 7. The average molecular weight is 513 g/mol. The molecule has 0 amide bonds. The van der Waals surface area contributed by atoms with Gasteiger partial charge in [-0.25, -0.2) is 4.79 Å². The number of ether oxygens (including phenoxy) is 4. The Morgan fingerprint density at radius 2 is 1.79 bits per heavy atom.